The molecule has 0 saturated heterocycles. The molecular weight excluding hydrogens is 306 g/mol. The van der Waals surface area contributed by atoms with Gasteiger partial charge in [-0.1, -0.05) is 37.3 Å². The SMILES string of the molecule is CCc1c(C)nc2ccccc2c1NCCN(C)c1cccc(C)c1. The Balaban J connectivity index is 1.79. The van der Waals surface area contributed by atoms with Crippen LogP contribution in [-0.2, 0) is 6.42 Å². The molecule has 0 aliphatic carbocycles. The van der Waals surface area contributed by atoms with Gasteiger partial charge in [-0.3, -0.25) is 4.98 Å². The number of aromatic nitrogens is 1. The normalized spacial score (nSPS) is 10.9. The molecule has 3 nitrogen and oxygen atoms in total. The van der Waals surface area contributed by atoms with E-state index in [2.05, 4.69) is 86.6 Å². The summed E-state index contributed by atoms with van der Waals surface area (Å²) in [5.74, 6) is 0. The number of fused-ring (bicyclic) bond motifs is 1. The molecule has 3 heteroatoms. The summed E-state index contributed by atoms with van der Waals surface area (Å²) in [6.07, 6.45) is 0.986. The van der Waals surface area contributed by atoms with Crippen LogP contribution in [0.2, 0.25) is 0 Å². The van der Waals surface area contributed by atoms with E-state index in [-0.39, 0.29) is 0 Å². The van der Waals surface area contributed by atoms with Crippen LogP contribution in [0.5, 0.6) is 0 Å². The standard InChI is InChI=1S/C22H27N3/c1-5-19-17(3)24-21-12-7-6-11-20(21)22(19)23-13-14-25(4)18-10-8-9-16(2)15-18/h6-12,15H,5,13-14H2,1-4H3,(H,23,24). The van der Waals surface area contributed by atoms with Crippen molar-refractivity contribution in [1.82, 2.24) is 4.98 Å². The second-order valence-electron chi connectivity index (χ2n) is 6.61. The van der Waals surface area contributed by atoms with Gasteiger partial charge in [0.1, 0.15) is 0 Å². The van der Waals surface area contributed by atoms with Crippen molar-refractivity contribution in [3.05, 3.63) is 65.4 Å². The van der Waals surface area contributed by atoms with Crippen molar-refractivity contribution in [2.24, 2.45) is 0 Å². The fourth-order valence-corrected chi connectivity index (χ4v) is 3.35. The van der Waals surface area contributed by atoms with Crippen LogP contribution in [0.25, 0.3) is 10.9 Å². The highest BCUT2D eigenvalue weighted by molar-refractivity contribution is 5.93. The van der Waals surface area contributed by atoms with Crippen LogP contribution in [0.4, 0.5) is 11.4 Å². The topological polar surface area (TPSA) is 28.2 Å². The number of nitrogens with zero attached hydrogens (tertiary/aromatic N) is 2. The van der Waals surface area contributed by atoms with Crippen LogP contribution in [0, 0.1) is 13.8 Å². The minimum absolute atomic E-state index is 0.894. The molecule has 3 aromatic rings. The number of nitrogens with one attached hydrogen (secondary N) is 1. The van der Waals surface area contributed by atoms with Crippen LogP contribution in [0.1, 0.15) is 23.7 Å². The molecule has 1 heterocycles. The third kappa shape index (κ3) is 3.76. The summed E-state index contributed by atoms with van der Waals surface area (Å²) < 4.78 is 0. The zero-order valence-electron chi connectivity index (χ0n) is 15.6. The van der Waals surface area contributed by atoms with Crippen molar-refractivity contribution in [2.75, 3.05) is 30.4 Å². The fraction of sp³-hybridized carbons (Fsp3) is 0.318. The van der Waals surface area contributed by atoms with Crippen LogP contribution in [0.3, 0.4) is 0 Å². The highest BCUT2D eigenvalue weighted by Crippen LogP contribution is 2.28. The molecular formula is C22H27N3. The molecule has 1 N–H and O–H groups in total. The number of likely N-dealkylation sites (N-methyl/N-ethyl adjacent to an activating group) is 1. The third-order valence-corrected chi connectivity index (χ3v) is 4.75. The van der Waals surface area contributed by atoms with Gasteiger partial charge in [-0.25, -0.2) is 0 Å². The first-order valence-corrected chi connectivity index (χ1v) is 9.00. The summed E-state index contributed by atoms with van der Waals surface area (Å²) in [5, 5.41) is 4.89. The quantitative estimate of drug-likeness (QED) is 0.691. The monoisotopic (exact) mass is 333 g/mol. The van der Waals surface area contributed by atoms with E-state index in [0.29, 0.717) is 0 Å². The zero-order valence-corrected chi connectivity index (χ0v) is 15.6. The Bertz CT molecular complexity index is 870. The van der Waals surface area contributed by atoms with Gasteiger partial charge in [0.05, 0.1) is 5.52 Å². The van der Waals surface area contributed by atoms with Gasteiger partial charge in [0.15, 0.2) is 0 Å². The molecule has 25 heavy (non-hydrogen) atoms. The van der Waals surface area contributed by atoms with Gasteiger partial charge in [0.2, 0.25) is 0 Å². The fourth-order valence-electron chi connectivity index (χ4n) is 3.35. The predicted octanol–water partition coefficient (Wildman–Crippen LogP) is 4.96. The Labute approximate surface area is 150 Å². The molecule has 2 aromatic carbocycles. The van der Waals surface area contributed by atoms with E-state index in [4.69, 9.17) is 4.98 Å². The molecule has 0 bridgehead atoms. The number of benzene rings is 2. The molecule has 0 aliphatic heterocycles. The maximum Gasteiger partial charge on any atom is 0.0726 e. The second-order valence-corrected chi connectivity index (χ2v) is 6.61. The number of rotatable bonds is 6. The average molecular weight is 333 g/mol. The second kappa shape index (κ2) is 7.56. The van der Waals surface area contributed by atoms with Gasteiger partial charge in [-0.15, -0.1) is 0 Å². The summed E-state index contributed by atoms with van der Waals surface area (Å²) in [5.41, 5.74) is 7.29. The molecule has 0 atom stereocenters. The molecule has 0 saturated carbocycles. The number of hydrogen-bond acceptors (Lipinski definition) is 3. The van der Waals surface area contributed by atoms with Crippen LogP contribution in [-0.4, -0.2) is 25.1 Å². The lowest BCUT2D eigenvalue weighted by molar-refractivity contribution is 0.911. The van der Waals surface area contributed by atoms with Crippen molar-refractivity contribution in [1.29, 1.82) is 0 Å². The summed E-state index contributed by atoms with van der Waals surface area (Å²) in [4.78, 5) is 7.05. The summed E-state index contributed by atoms with van der Waals surface area (Å²) in [6.45, 7) is 8.28. The van der Waals surface area contributed by atoms with E-state index in [0.717, 1.165) is 30.7 Å². The molecule has 0 amide bonds. The minimum atomic E-state index is 0.894. The van der Waals surface area contributed by atoms with Gasteiger partial charge in [0.25, 0.3) is 0 Å². The van der Waals surface area contributed by atoms with Crippen molar-refractivity contribution >= 4 is 22.3 Å². The minimum Gasteiger partial charge on any atom is -0.382 e. The molecule has 130 valence electrons. The lowest BCUT2D eigenvalue weighted by Gasteiger charge is -2.22. The Morgan fingerprint density at radius 2 is 1.84 bits per heavy atom. The van der Waals surface area contributed by atoms with E-state index in [1.807, 2.05) is 0 Å². The first kappa shape index (κ1) is 17.3. The van der Waals surface area contributed by atoms with Crippen molar-refractivity contribution < 1.29 is 0 Å². The van der Waals surface area contributed by atoms with Crippen LogP contribution < -0.4 is 10.2 Å². The molecule has 3 rings (SSSR count). The van der Waals surface area contributed by atoms with E-state index >= 15 is 0 Å². The molecule has 0 aliphatic rings. The summed E-state index contributed by atoms with van der Waals surface area (Å²) in [7, 11) is 2.15. The number of para-hydroxylation sites is 1. The predicted molar refractivity (Wildman–Crippen MR) is 109 cm³/mol. The van der Waals surface area contributed by atoms with Crippen molar-refractivity contribution in [3.8, 4) is 0 Å². The maximum atomic E-state index is 4.76. The molecule has 0 unspecified atom stereocenters. The highest BCUT2D eigenvalue weighted by Gasteiger charge is 2.11. The van der Waals surface area contributed by atoms with Crippen LogP contribution in [0.15, 0.2) is 48.5 Å². The van der Waals surface area contributed by atoms with Crippen LogP contribution >= 0.6 is 0 Å². The van der Waals surface area contributed by atoms with E-state index in [1.54, 1.807) is 0 Å². The molecule has 0 radical (unpaired) electrons. The number of hydrogen-bond donors (Lipinski definition) is 1. The third-order valence-electron chi connectivity index (χ3n) is 4.75. The van der Waals surface area contributed by atoms with E-state index in [1.165, 1.54) is 27.9 Å². The number of pyridine rings is 1. The van der Waals surface area contributed by atoms with E-state index < -0.39 is 0 Å². The Hall–Kier alpha value is -2.55. The van der Waals surface area contributed by atoms with Gasteiger partial charge < -0.3 is 10.2 Å². The van der Waals surface area contributed by atoms with Gasteiger partial charge in [-0.2, -0.15) is 0 Å². The molecule has 0 spiro atoms. The van der Waals surface area contributed by atoms with Gasteiger partial charge in [0, 0.05) is 42.6 Å². The summed E-state index contributed by atoms with van der Waals surface area (Å²) >= 11 is 0. The van der Waals surface area contributed by atoms with Gasteiger partial charge >= 0.3 is 0 Å². The molecule has 0 fully saturated rings. The number of anilines is 2. The Morgan fingerprint density at radius 3 is 2.60 bits per heavy atom. The van der Waals surface area contributed by atoms with Crippen molar-refractivity contribution in [2.45, 2.75) is 27.2 Å². The average Bonchev–Trinajstić information content (AvgIpc) is 2.61. The highest BCUT2D eigenvalue weighted by atomic mass is 15.1. The lowest BCUT2D eigenvalue weighted by atomic mass is 10.0. The number of aryl methyl sites for hydroxylation is 2. The lowest BCUT2D eigenvalue weighted by Crippen LogP contribution is -2.25. The van der Waals surface area contributed by atoms with Gasteiger partial charge in [-0.05, 0) is 49.6 Å². The van der Waals surface area contributed by atoms with Crippen molar-refractivity contribution in [3.63, 3.8) is 0 Å². The Kier molecular flexibility index (Phi) is 5.22. The first-order chi connectivity index (χ1) is 12.1. The maximum absolute atomic E-state index is 4.76. The Morgan fingerprint density at radius 1 is 1.04 bits per heavy atom. The largest absolute Gasteiger partial charge is 0.382 e. The smallest absolute Gasteiger partial charge is 0.0726 e. The zero-order chi connectivity index (χ0) is 17.8. The summed E-state index contributed by atoms with van der Waals surface area (Å²) in [6, 6.07) is 17.0. The first-order valence-electron chi connectivity index (χ1n) is 9.00. The van der Waals surface area contributed by atoms with E-state index in [9.17, 15) is 0 Å². The molecule has 1 aromatic heterocycles.